The molecule has 1 saturated heterocycles. The molecular weight excluding hydrogens is 353 g/mol. The van der Waals surface area contributed by atoms with E-state index in [0.29, 0.717) is 19.1 Å². The molecule has 1 atom stereocenters. The number of carbonyl (C=O) groups is 1. The van der Waals surface area contributed by atoms with Crippen molar-refractivity contribution in [3.63, 3.8) is 0 Å². The van der Waals surface area contributed by atoms with E-state index >= 15 is 0 Å². The van der Waals surface area contributed by atoms with E-state index < -0.39 is 0 Å². The van der Waals surface area contributed by atoms with Crippen molar-refractivity contribution in [3.8, 4) is 0 Å². The van der Waals surface area contributed by atoms with Crippen LogP contribution < -0.4 is 5.32 Å². The first kappa shape index (κ1) is 20.5. The van der Waals surface area contributed by atoms with E-state index in [1.807, 2.05) is 30.9 Å². The van der Waals surface area contributed by atoms with Gasteiger partial charge in [-0.15, -0.1) is 12.4 Å². The Hall–Kier alpha value is -1.85. The van der Waals surface area contributed by atoms with Gasteiger partial charge in [0.25, 0.3) is 5.91 Å². The number of halogens is 2. The van der Waals surface area contributed by atoms with Crippen molar-refractivity contribution < 1.29 is 9.18 Å². The van der Waals surface area contributed by atoms with Gasteiger partial charge < -0.3 is 14.8 Å². The average molecular weight is 380 g/mol. The third-order valence-electron chi connectivity index (χ3n) is 4.97. The molecule has 1 aliphatic heterocycles. The molecule has 4 nitrogen and oxygen atoms in total. The number of piperazine rings is 1. The normalized spacial score (nSPS) is 17.3. The topological polar surface area (TPSA) is 37.3 Å². The van der Waals surface area contributed by atoms with Gasteiger partial charge in [-0.3, -0.25) is 4.79 Å². The van der Waals surface area contributed by atoms with E-state index in [9.17, 15) is 9.18 Å². The summed E-state index contributed by atoms with van der Waals surface area (Å²) in [6.07, 6.45) is 0. The Kier molecular flexibility index (Phi) is 6.48. The van der Waals surface area contributed by atoms with Gasteiger partial charge in [-0.05, 0) is 51.5 Å². The van der Waals surface area contributed by atoms with Crippen LogP contribution in [0, 0.1) is 19.7 Å². The third-order valence-corrected chi connectivity index (χ3v) is 4.97. The molecule has 0 spiro atoms. The van der Waals surface area contributed by atoms with Crippen LogP contribution in [0.2, 0.25) is 0 Å². The zero-order valence-electron chi connectivity index (χ0n) is 15.8. The van der Waals surface area contributed by atoms with E-state index in [1.54, 1.807) is 6.07 Å². The molecule has 2 aromatic rings. The molecule has 1 aromatic carbocycles. The fourth-order valence-corrected chi connectivity index (χ4v) is 3.90. The number of rotatable bonds is 3. The molecule has 1 amide bonds. The summed E-state index contributed by atoms with van der Waals surface area (Å²) in [4.78, 5) is 15.1. The Morgan fingerprint density at radius 2 is 2.00 bits per heavy atom. The molecule has 2 heterocycles. The molecule has 1 aliphatic rings. The number of benzene rings is 1. The third kappa shape index (κ3) is 3.79. The minimum Gasteiger partial charge on any atom is -0.346 e. The standard InChI is InChI=1S/C20H26FN3O.ClH/c1-13(2)24-14(3)10-18(15(24)4)20(25)23-9-8-22-12-19(23)16-6-5-7-17(21)11-16;/h5-7,10-11,13,19,22H,8-9,12H2,1-4H3;1H. The Bertz CT molecular complexity index is 787. The lowest BCUT2D eigenvalue weighted by Gasteiger charge is -2.36. The zero-order valence-corrected chi connectivity index (χ0v) is 16.6. The van der Waals surface area contributed by atoms with E-state index in [-0.39, 0.29) is 30.2 Å². The molecule has 142 valence electrons. The summed E-state index contributed by atoms with van der Waals surface area (Å²) in [6.45, 7) is 10.3. The molecule has 0 aliphatic carbocycles. The average Bonchev–Trinajstić information content (AvgIpc) is 2.89. The van der Waals surface area contributed by atoms with Gasteiger partial charge in [0.2, 0.25) is 0 Å². The van der Waals surface area contributed by atoms with Crippen LogP contribution >= 0.6 is 12.4 Å². The maximum absolute atomic E-state index is 13.7. The highest BCUT2D eigenvalue weighted by atomic mass is 35.5. The van der Waals surface area contributed by atoms with E-state index in [0.717, 1.165) is 29.1 Å². The zero-order chi connectivity index (χ0) is 18.1. The van der Waals surface area contributed by atoms with Crippen LogP contribution in [-0.2, 0) is 0 Å². The van der Waals surface area contributed by atoms with E-state index in [1.165, 1.54) is 12.1 Å². The van der Waals surface area contributed by atoms with Gasteiger partial charge in [0.05, 0.1) is 11.6 Å². The number of aromatic nitrogens is 1. The largest absolute Gasteiger partial charge is 0.346 e. The fraction of sp³-hybridized carbons (Fsp3) is 0.450. The highest BCUT2D eigenvalue weighted by molar-refractivity contribution is 5.96. The number of amides is 1. The number of hydrogen-bond donors (Lipinski definition) is 1. The molecule has 1 N–H and O–H groups in total. The molecule has 0 radical (unpaired) electrons. The summed E-state index contributed by atoms with van der Waals surface area (Å²) in [6, 6.07) is 8.67. The van der Waals surface area contributed by atoms with Gasteiger partial charge in [0.1, 0.15) is 5.82 Å². The maximum Gasteiger partial charge on any atom is 0.256 e. The SMILES string of the molecule is Cc1cc(C(=O)N2CCNCC2c2cccc(F)c2)c(C)n1C(C)C.Cl. The molecule has 26 heavy (non-hydrogen) atoms. The minimum absolute atomic E-state index is 0. The highest BCUT2D eigenvalue weighted by Crippen LogP contribution is 2.28. The van der Waals surface area contributed by atoms with Crippen LogP contribution in [0.1, 0.15) is 53.2 Å². The van der Waals surface area contributed by atoms with Crippen LogP contribution in [0.3, 0.4) is 0 Å². The lowest BCUT2D eigenvalue weighted by molar-refractivity contribution is 0.0633. The van der Waals surface area contributed by atoms with Gasteiger partial charge in [0.15, 0.2) is 0 Å². The van der Waals surface area contributed by atoms with Crippen molar-refractivity contribution in [1.82, 2.24) is 14.8 Å². The van der Waals surface area contributed by atoms with Crippen LogP contribution in [0.4, 0.5) is 4.39 Å². The molecule has 1 unspecified atom stereocenters. The van der Waals surface area contributed by atoms with Gasteiger partial charge in [-0.2, -0.15) is 0 Å². The van der Waals surface area contributed by atoms with Crippen LogP contribution in [0.25, 0.3) is 0 Å². The van der Waals surface area contributed by atoms with Crippen LogP contribution in [-0.4, -0.2) is 35.0 Å². The summed E-state index contributed by atoms with van der Waals surface area (Å²) < 4.78 is 15.8. The quantitative estimate of drug-likeness (QED) is 0.874. The fourth-order valence-electron chi connectivity index (χ4n) is 3.90. The Labute approximate surface area is 160 Å². The first-order valence-corrected chi connectivity index (χ1v) is 8.85. The first-order valence-electron chi connectivity index (χ1n) is 8.85. The smallest absolute Gasteiger partial charge is 0.256 e. The van der Waals surface area contributed by atoms with Crippen molar-refractivity contribution in [2.75, 3.05) is 19.6 Å². The summed E-state index contributed by atoms with van der Waals surface area (Å²) in [5.74, 6) is -0.246. The molecule has 1 fully saturated rings. The molecule has 1 aromatic heterocycles. The van der Waals surface area contributed by atoms with Gasteiger partial charge >= 0.3 is 0 Å². The summed E-state index contributed by atoms with van der Waals surface area (Å²) in [5.41, 5.74) is 3.66. The van der Waals surface area contributed by atoms with Crippen molar-refractivity contribution in [1.29, 1.82) is 0 Å². The van der Waals surface area contributed by atoms with E-state index in [2.05, 4.69) is 23.7 Å². The van der Waals surface area contributed by atoms with Gasteiger partial charge in [-0.25, -0.2) is 4.39 Å². The lowest BCUT2D eigenvalue weighted by atomic mass is 10.0. The Morgan fingerprint density at radius 1 is 1.27 bits per heavy atom. The first-order chi connectivity index (χ1) is 11.9. The molecule has 6 heteroatoms. The van der Waals surface area contributed by atoms with Crippen molar-refractivity contribution in [2.45, 2.75) is 39.8 Å². The number of nitrogens with zero attached hydrogens (tertiary/aromatic N) is 2. The number of hydrogen-bond acceptors (Lipinski definition) is 2. The van der Waals surface area contributed by atoms with Gasteiger partial charge in [-0.1, -0.05) is 12.1 Å². The van der Waals surface area contributed by atoms with Crippen molar-refractivity contribution in [2.24, 2.45) is 0 Å². The second kappa shape index (κ2) is 8.23. The molecule has 0 saturated carbocycles. The predicted octanol–water partition coefficient (Wildman–Crippen LogP) is 4.03. The summed E-state index contributed by atoms with van der Waals surface area (Å²) >= 11 is 0. The molecule has 0 bridgehead atoms. The minimum atomic E-state index is -0.270. The predicted molar refractivity (Wildman–Crippen MR) is 105 cm³/mol. The monoisotopic (exact) mass is 379 g/mol. The van der Waals surface area contributed by atoms with Crippen molar-refractivity contribution in [3.05, 3.63) is 58.7 Å². The lowest BCUT2D eigenvalue weighted by Crippen LogP contribution is -2.48. The maximum atomic E-state index is 13.7. The van der Waals surface area contributed by atoms with E-state index in [4.69, 9.17) is 0 Å². The molecular formula is C20H27ClFN3O. The Balaban J connectivity index is 0.00000243. The number of aryl methyl sites for hydroxylation is 1. The highest BCUT2D eigenvalue weighted by Gasteiger charge is 2.30. The second-order valence-electron chi connectivity index (χ2n) is 7.02. The Morgan fingerprint density at radius 3 is 2.62 bits per heavy atom. The van der Waals surface area contributed by atoms with Crippen molar-refractivity contribution >= 4 is 18.3 Å². The second-order valence-corrected chi connectivity index (χ2v) is 7.02. The summed E-state index contributed by atoms with van der Waals surface area (Å²) in [7, 11) is 0. The van der Waals surface area contributed by atoms with Crippen LogP contribution in [0.5, 0.6) is 0 Å². The summed E-state index contributed by atoms with van der Waals surface area (Å²) in [5, 5.41) is 3.32. The van der Waals surface area contributed by atoms with Gasteiger partial charge in [0, 0.05) is 37.1 Å². The number of nitrogens with one attached hydrogen (secondary N) is 1. The van der Waals surface area contributed by atoms with Crippen LogP contribution in [0.15, 0.2) is 30.3 Å². The molecule has 3 rings (SSSR count). The number of carbonyl (C=O) groups excluding carboxylic acids is 1.